The molecule has 0 heterocycles. The predicted molar refractivity (Wildman–Crippen MR) is 61.9 cm³/mol. The van der Waals surface area contributed by atoms with E-state index in [9.17, 15) is 12.8 Å². The normalized spacial score (nSPS) is 18.4. The minimum Gasteiger partial charge on any atom is -0.212 e. The van der Waals surface area contributed by atoms with Gasteiger partial charge in [0.15, 0.2) is 0 Å². The van der Waals surface area contributed by atoms with Crippen LogP contribution in [0.1, 0.15) is 18.4 Å². The van der Waals surface area contributed by atoms with Crippen molar-refractivity contribution in [3.8, 4) is 0 Å². The molecule has 88 valence electrons. The van der Waals surface area contributed by atoms with E-state index in [-0.39, 0.29) is 11.4 Å². The van der Waals surface area contributed by atoms with Crippen molar-refractivity contribution in [2.75, 3.05) is 0 Å². The molecule has 0 atom stereocenters. The summed E-state index contributed by atoms with van der Waals surface area (Å²) < 4.78 is 34.9. The van der Waals surface area contributed by atoms with E-state index in [0.29, 0.717) is 18.4 Å². The Kier molecular flexibility index (Phi) is 2.93. The third-order valence-electron chi connectivity index (χ3n) is 2.87. The minimum atomic E-state index is -3.63. The molecule has 2 nitrogen and oxygen atoms in total. The summed E-state index contributed by atoms with van der Waals surface area (Å²) in [5.74, 6) is -0.540. The largest absolute Gasteiger partial charge is 0.238 e. The Labute approximate surface area is 103 Å². The van der Waals surface area contributed by atoms with Crippen LogP contribution >= 0.6 is 22.3 Å². The highest BCUT2D eigenvalue weighted by Crippen LogP contribution is 2.48. The Morgan fingerprint density at radius 1 is 1.38 bits per heavy atom. The van der Waals surface area contributed by atoms with Crippen molar-refractivity contribution in [1.29, 1.82) is 0 Å². The lowest BCUT2D eigenvalue weighted by Crippen LogP contribution is -2.21. The number of hydrogen-bond acceptors (Lipinski definition) is 2. The molecular weight excluding hydrogens is 274 g/mol. The van der Waals surface area contributed by atoms with E-state index in [1.54, 1.807) is 6.07 Å². The van der Waals surface area contributed by atoms with Gasteiger partial charge in [-0.25, -0.2) is 12.8 Å². The van der Waals surface area contributed by atoms with Gasteiger partial charge in [-0.1, -0.05) is 23.7 Å². The summed E-state index contributed by atoms with van der Waals surface area (Å²) in [5.41, 5.74) is 0.489. The lowest BCUT2D eigenvalue weighted by atomic mass is 10.1. The molecular formula is C10H9Cl2FO2S. The van der Waals surface area contributed by atoms with Gasteiger partial charge in [0.05, 0.1) is 9.77 Å². The van der Waals surface area contributed by atoms with Gasteiger partial charge in [-0.05, 0) is 30.9 Å². The van der Waals surface area contributed by atoms with Crippen molar-refractivity contribution in [2.45, 2.75) is 24.0 Å². The van der Waals surface area contributed by atoms with E-state index in [4.69, 9.17) is 22.3 Å². The first-order valence-electron chi connectivity index (χ1n) is 4.73. The van der Waals surface area contributed by atoms with Gasteiger partial charge in [-0.3, -0.25) is 0 Å². The minimum absolute atomic E-state index is 0.0194. The summed E-state index contributed by atoms with van der Waals surface area (Å²) in [4.78, 5) is 0. The lowest BCUT2D eigenvalue weighted by molar-refractivity contribution is 0.588. The number of halogens is 3. The van der Waals surface area contributed by atoms with Crippen molar-refractivity contribution in [3.05, 3.63) is 34.6 Å². The van der Waals surface area contributed by atoms with Crippen molar-refractivity contribution in [3.63, 3.8) is 0 Å². The molecule has 0 unspecified atom stereocenters. The summed E-state index contributed by atoms with van der Waals surface area (Å²) in [7, 11) is 1.74. The van der Waals surface area contributed by atoms with Crippen LogP contribution in [0.2, 0.25) is 5.02 Å². The maximum absolute atomic E-state index is 13.2. The average molecular weight is 283 g/mol. The number of benzene rings is 1. The first-order chi connectivity index (χ1) is 7.36. The first kappa shape index (κ1) is 12.1. The zero-order valence-corrected chi connectivity index (χ0v) is 10.5. The van der Waals surface area contributed by atoms with Crippen LogP contribution in [0.5, 0.6) is 0 Å². The third-order valence-corrected chi connectivity index (χ3v) is 5.86. The topological polar surface area (TPSA) is 34.1 Å². The Bertz CT molecular complexity index is 524. The Balaban J connectivity index is 2.33. The molecule has 1 aliphatic carbocycles. The molecule has 1 aromatic rings. The fourth-order valence-corrected chi connectivity index (χ4v) is 3.42. The molecule has 0 aliphatic heterocycles. The molecule has 0 saturated heterocycles. The molecule has 0 N–H and O–H groups in total. The summed E-state index contributed by atoms with van der Waals surface area (Å²) in [5, 5.41) is -0.0194. The summed E-state index contributed by atoms with van der Waals surface area (Å²) in [6, 6.07) is 4.36. The Morgan fingerprint density at radius 2 is 2.00 bits per heavy atom. The smallest absolute Gasteiger partial charge is 0.212 e. The molecule has 16 heavy (non-hydrogen) atoms. The number of rotatable bonds is 3. The fraction of sp³-hybridized carbons (Fsp3) is 0.400. The molecule has 1 aliphatic rings. The van der Waals surface area contributed by atoms with E-state index in [0.717, 1.165) is 0 Å². The fourth-order valence-electron chi connectivity index (χ4n) is 1.68. The molecule has 0 spiro atoms. The quantitative estimate of drug-likeness (QED) is 0.799. The Morgan fingerprint density at radius 3 is 2.50 bits per heavy atom. The standard InChI is InChI=1S/C10H9Cl2FO2S/c11-9-7(2-1-3-8(9)13)6-10(4-5-10)16(12,14)15/h1-3H,4-6H2. The molecule has 6 heteroatoms. The Hall–Kier alpha value is -0.320. The van der Waals surface area contributed by atoms with Crippen LogP contribution in [0, 0.1) is 5.82 Å². The van der Waals surface area contributed by atoms with Gasteiger partial charge in [0.25, 0.3) is 0 Å². The highest BCUT2D eigenvalue weighted by atomic mass is 35.7. The van der Waals surface area contributed by atoms with Crippen LogP contribution in [0.15, 0.2) is 18.2 Å². The highest BCUT2D eigenvalue weighted by molar-refractivity contribution is 8.15. The molecule has 0 aromatic heterocycles. The van der Waals surface area contributed by atoms with Crippen LogP contribution in [0.4, 0.5) is 4.39 Å². The van der Waals surface area contributed by atoms with Crippen molar-refractivity contribution >= 4 is 31.3 Å². The zero-order chi connectivity index (χ0) is 12.0. The van der Waals surface area contributed by atoms with E-state index in [1.807, 2.05) is 0 Å². The second-order valence-corrected chi connectivity index (χ2v) is 7.35. The zero-order valence-electron chi connectivity index (χ0n) is 8.21. The summed E-state index contributed by atoms with van der Waals surface area (Å²) in [6.45, 7) is 0. The maximum atomic E-state index is 13.2. The second kappa shape index (κ2) is 3.86. The molecule has 1 saturated carbocycles. The SMILES string of the molecule is O=S(=O)(Cl)C1(Cc2cccc(F)c2Cl)CC1. The molecule has 0 amide bonds. The van der Waals surface area contributed by atoms with E-state index < -0.39 is 19.6 Å². The monoisotopic (exact) mass is 282 g/mol. The molecule has 2 rings (SSSR count). The van der Waals surface area contributed by atoms with Gasteiger partial charge in [0, 0.05) is 10.7 Å². The van der Waals surface area contributed by atoms with Gasteiger partial charge in [0.1, 0.15) is 5.82 Å². The molecule has 0 radical (unpaired) electrons. The van der Waals surface area contributed by atoms with Crippen molar-refractivity contribution < 1.29 is 12.8 Å². The van der Waals surface area contributed by atoms with Gasteiger partial charge in [-0.15, -0.1) is 0 Å². The van der Waals surface area contributed by atoms with Crippen molar-refractivity contribution in [1.82, 2.24) is 0 Å². The van der Waals surface area contributed by atoms with E-state index >= 15 is 0 Å². The van der Waals surface area contributed by atoms with Gasteiger partial charge in [0.2, 0.25) is 9.05 Å². The van der Waals surface area contributed by atoms with Crippen LogP contribution in [-0.2, 0) is 15.5 Å². The van der Waals surface area contributed by atoms with Gasteiger partial charge < -0.3 is 0 Å². The summed E-state index contributed by atoms with van der Waals surface area (Å²) in [6.07, 6.45) is 1.19. The van der Waals surface area contributed by atoms with Gasteiger partial charge >= 0.3 is 0 Å². The average Bonchev–Trinajstić information content (AvgIpc) is 2.93. The third kappa shape index (κ3) is 2.06. The van der Waals surface area contributed by atoms with Crippen LogP contribution in [-0.4, -0.2) is 13.2 Å². The van der Waals surface area contributed by atoms with Gasteiger partial charge in [-0.2, -0.15) is 0 Å². The van der Waals surface area contributed by atoms with E-state index in [1.165, 1.54) is 12.1 Å². The van der Waals surface area contributed by atoms with Crippen LogP contribution < -0.4 is 0 Å². The maximum Gasteiger partial charge on any atom is 0.238 e. The summed E-state index contributed by atoms with van der Waals surface area (Å²) >= 11 is 5.76. The first-order valence-corrected chi connectivity index (χ1v) is 7.42. The molecule has 1 fully saturated rings. The number of hydrogen-bond donors (Lipinski definition) is 0. The second-order valence-electron chi connectivity index (χ2n) is 4.01. The lowest BCUT2D eigenvalue weighted by Gasteiger charge is -2.12. The highest BCUT2D eigenvalue weighted by Gasteiger charge is 2.53. The van der Waals surface area contributed by atoms with Crippen LogP contribution in [0.25, 0.3) is 0 Å². The van der Waals surface area contributed by atoms with Crippen molar-refractivity contribution in [2.24, 2.45) is 0 Å². The molecule has 0 bridgehead atoms. The predicted octanol–water partition coefficient (Wildman–Crippen LogP) is 3.12. The molecule has 1 aromatic carbocycles. The van der Waals surface area contributed by atoms with E-state index in [2.05, 4.69) is 0 Å². The van der Waals surface area contributed by atoms with Crippen LogP contribution in [0.3, 0.4) is 0 Å².